The monoisotopic (exact) mass is 323 g/mol. The van der Waals surface area contributed by atoms with Crippen molar-refractivity contribution in [3.63, 3.8) is 0 Å². The van der Waals surface area contributed by atoms with Gasteiger partial charge >= 0.3 is 0 Å². The van der Waals surface area contributed by atoms with Gasteiger partial charge in [0.05, 0.1) is 21.1 Å². The smallest absolute Gasteiger partial charge is 0.0715 e. The SMILES string of the molecule is Clc1ccc(-c2c3ccccc3nc3ccccc23)cc1Cl. The largest absolute Gasteiger partial charge is 0.248 e. The first kappa shape index (κ1) is 13.6. The van der Waals surface area contributed by atoms with Crippen LogP contribution in [0.1, 0.15) is 0 Å². The first-order chi connectivity index (χ1) is 10.7. The number of halogens is 2. The average Bonchev–Trinajstić information content (AvgIpc) is 2.55. The molecule has 1 nitrogen and oxygen atoms in total. The molecule has 3 heteroatoms. The second-order valence-electron chi connectivity index (χ2n) is 5.15. The lowest BCUT2D eigenvalue weighted by Crippen LogP contribution is -1.89. The number of aromatic nitrogens is 1. The lowest BCUT2D eigenvalue weighted by atomic mass is 9.96. The molecular formula is C19H11Cl2N. The third kappa shape index (κ3) is 2.14. The number of rotatable bonds is 1. The van der Waals surface area contributed by atoms with Crippen molar-refractivity contribution in [3.8, 4) is 11.1 Å². The van der Waals surface area contributed by atoms with E-state index in [1.165, 1.54) is 0 Å². The molecule has 0 spiro atoms. The summed E-state index contributed by atoms with van der Waals surface area (Å²) in [6.45, 7) is 0. The summed E-state index contributed by atoms with van der Waals surface area (Å²) in [6, 6.07) is 22.1. The predicted molar refractivity (Wildman–Crippen MR) is 94.7 cm³/mol. The first-order valence-corrected chi connectivity index (χ1v) is 7.72. The first-order valence-electron chi connectivity index (χ1n) is 6.97. The zero-order valence-electron chi connectivity index (χ0n) is 11.6. The van der Waals surface area contributed by atoms with Crippen LogP contribution in [0, 0.1) is 0 Å². The molecule has 106 valence electrons. The Bertz CT molecular complexity index is 955. The van der Waals surface area contributed by atoms with E-state index in [2.05, 4.69) is 12.1 Å². The fourth-order valence-corrected chi connectivity index (χ4v) is 3.10. The van der Waals surface area contributed by atoms with Gasteiger partial charge < -0.3 is 0 Å². The molecule has 0 bridgehead atoms. The zero-order chi connectivity index (χ0) is 15.1. The van der Waals surface area contributed by atoms with Gasteiger partial charge in [0.1, 0.15) is 0 Å². The van der Waals surface area contributed by atoms with Crippen LogP contribution in [0.4, 0.5) is 0 Å². The number of para-hydroxylation sites is 2. The summed E-state index contributed by atoms with van der Waals surface area (Å²) in [7, 11) is 0. The van der Waals surface area contributed by atoms with Gasteiger partial charge in [-0.2, -0.15) is 0 Å². The van der Waals surface area contributed by atoms with Crippen LogP contribution >= 0.6 is 23.2 Å². The van der Waals surface area contributed by atoms with E-state index < -0.39 is 0 Å². The van der Waals surface area contributed by atoms with Gasteiger partial charge in [0.2, 0.25) is 0 Å². The second kappa shape index (κ2) is 5.28. The molecule has 4 aromatic rings. The molecule has 1 aromatic heterocycles. The Hall–Kier alpha value is -2.09. The van der Waals surface area contributed by atoms with Crippen molar-refractivity contribution in [1.29, 1.82) is 0 Å². The van der Waals surface area contributed by atoms with Gasteiger partial charge in [0, 0.05) is 16.3 Å². The number of hydrogen-bond donors (Lipinski definition) is 0. The van der Waals surface area contributed by atoms with Gasteiger partial charge in [0.25, 0.3) is 0 Å². The molecule has 0 aliphatic carbocycles. The van der Waals surface area contributed by atoms with Crippen LogP contribution in [-0.4, -0.2) is 4.98 Å². The minimum atomic E-state index is 0.559. The third-order valence-corrected chi connectivity index (χ3v) is 4.53. The van der Waals surface area contributed by atoms with Crippen molar-refractivity contribution in [2.45, 2.75) is 0 Å². The molecule has 0 aliphatic rings. The number of nitrogens with zero attached hydrogens (tertiary/aromatic N) is 1. The van der Waals surface area contributed by atoms with E-state index in [9.17, 15) is 0 Å². The van der Waals surface area contributed by atoms with E-state index in [-0.39, 0.29) is 0 Å². The maximum Gasteiger partial charge on any atom is 0.0715 e. The quantitative estimate of drug-likeness (QED) is 0.371. The molecule has 0 amide bonds. The van der Waals surface area contributed by atoms with Crippen molar-refractivity contribution in [1.82, 2.24) is 4.98 Å². The van der Waals surface area contributed by atoms with Crippen LogP contribution in [0.2, 0.25) is 10.0 Å². The van der Waals surface area contributed by atoms with Crippen LogP contribution in [0.25, 0.3) is 32.9 Å². The predicted octanol–water partition coefficient (Wildman–Crippen LogP) is 6.36. The highest BCUT2D eigenvalue weighted by Crippen LogP contribution is 2.37. The Kier molecular flexibility index (Phi) is 3.25. The maximum absolute atomic E-state index is 6.22. The van der Waals surface area contributed by atoms with Crippen LogP contribution in [0.3, 0.4) is 0 Å². The Morgan fingerprint density at radius 2 is 1.23 bits per heavy atom. The van der Waals surface area contributed by atoms with Crippen molar-refractivity contribution >= 4 is 45.0 Å². The molecule has 0 saturated carbocycles. The number of pyridine rings is 1. The highest BCUT2D eigenvalue weighted by atomic mass is 35.5. The zero-order valence-corrected chi connectivity index (χ0v) is 13.1. The molecule has 0 unspecified atom stereocenters. The fourth-order valence-electron chi connectivity index (χ4n) is 2.80. The van der Waals surface area contributed by atoms with E-state index in [1.807, 2.05) is 54.6 Å². The molecule has 0 N–H and O–H groups in total. The second-order valence-corrected chi connectivity index (χ2v) is 5.96. The molecule has 4 rings (SSSR count). The lowest BCUT2D eigenvalue weighted by molar-refractivity contribution is 1.49. The number of benzene rings is 3. The van der Waals surface area contributed by atoms with Gasteiger partial charge in [-0.15, -0.1) is 0 Å². The molecule has 0 saturated heterocycles. The molecule has 1 heterocycles. The number of fused-ring (bicyclic) bond motifs is 2. The molecule has 0 atom stereocenters. The maximum atomic E-state index is 6.22. The van der Waals surface area contributed by atoms with Gasteiger partial charge in [-0.1, -0.05) is 65.7 Å². The van der Waals surface area contributed by atoms with Gasteiger partial charge in [-0.3, -0.25) is 0 Å². The van der Waals surface area contributed by atoms with E-state index in [0.717, 1.165) is 32.9 Å². The molecule has 0 fully saturated rings. The summed E-state index contributed by atoms with van der Waals surface area (Å²) in [5.74, 6) is 0. The highest BCUT2D eigenvalue weighted by molar-refractivity contribution is 6.42. The van der Waals surface area contributed by atoms with Crippen LogP contribution in [0.15, 0.2) is 66.7 Å². The summed E-state index contributed by atoms with van der Waals surface area (Å²) >= 11 is 12.3. The summed E-state index contributed by atoms with van der Waals surface area (Å²) in [5.41, 5.74) is 4.13. The minimum Gasteiger partial charge on any atom is -0.248 e. The highest BCUT2D eigenvalue weighted by Gasteiger charge is 2.11. The van der Waals surface area contributed by atoms with Gasteiger partial charge in [-0.05, 0) is 29.8 Å². The van der Waals surface area contributed by atoms with Crippen LogP contribution in [-0.2, 0) is 0 Å². The standard InChI is InChI=1S/C19H11Cl2N/c20-15-10-9-12(11-16(15)21)19-13-5-1-3-7-17(13)22-18-8-4-2-6-14(18)19/h1-11H. The average molecular weight is 324 g/mol. The van der Waals surface area contributed by atoms with Crippen molar-refractivity contribution < 1.29 is 0 Å². The molecule has 22 heavy (non-hydrogen) atoms. The molecular weight excluding hydrogens is 313 g/mol. The Morgan fingerprint density at radius 1 is 0.636 bits per heavy atom. The summed E-state index contributed by atoms with van der Waals surface area (Å²) in [5, 5.41) is 3.34. The Balaban J connectivity index is 2.18. The lowest BCUT2D eigenvalue weighted by Gasteiger charge is -2.11. The fraction of sp³-hybridized carbons (Fsp3) is 0. The Labute approximate surface area is 138 Å². The van der Waals surface area contributed by atoms with Crippen molar-refractivity contribution in [2.24, 2.45) is 0 Å². The third-order valence-electron chi connectivity index (χ3n) is 3.80. The summed E-state index contributed by atoms with van der Waals surface area (Å²) in [6.07, 6.45) is 0. The van der Waals surface area contributed by atoms with Crippen molar-refractivity contribution in [3.05, 3.63) is 76.8 Å². The van der Waals surface area contributed by atoms with E-state index >= 15 is 0 Å². The minimum absolute atomic E-state index is 0.559. The van der Waals surface area contributed by atoms with Gasteiger partial charge in [-0.25, -0.2) is 4.98 Å². The Morgan fingerprint density at radius 3 is 1.82 bits per heavy atom. The molecule has 0 aliphatic heterocycles. The van der Waals surface area contributed by atoms with Gasteiger partial charge in [0.15, 0.2) is 0 Å². The summed E-state index contributed by atoms with van der Waals surface area (Å²) in [4.78, 5) is 4.74. The summed E-state index contributed by atoms with van der Waals surface area (Å²) < 4.78 is 0. The number of hydrogen-bond acceptors (Lipinski definition) is 1. The molecule has 3 aromatic carbocycles. The van der Waals surface area contributed by atoms with Crippen LogP contribution < -0.4 is 0 Å². The van der Waals surface area contributed by atoms with E-state index in [4.69, 9.17) is 28.2 Å². The van der Waals surface area contributed by atoms with Crippen LogP contribution in [0.5, 0.6) is 0 Å². The molecule has 0 radical (unpaired) electrons. The van der Waals surface area contributed by atoms with Crippen molar-refractivity contribution in [2.75, 3.05) is 0 Å². The topological polar surface area (TPSA) is 12.9 Å². The van der Waals surface area contributed by atoms with E-state index in [1.54, 1.807) is 0 Å². The van der Waals surface area contributed by atoms with E-state index in [0.29, 0.717) is 10.0 Å². The normalized spacial score (nSPS) is 11.2.